The molecule has 1 saturated carbocycles. The number of nitrogens with one attached hydrogen (secondary N) is 1. The van der Waals surface area contributed by atoms with Crippen molar-refractivity contribution in [2.75, 3.05) is 7.05 Å². The fourth-order valence-electron chi connectivity index (χ4n) is 2.22. The van der Waals surface area contributed by atoms with E-state index >= 15 is 0 Å². The van der Waals surface area contributed by atoms with E-state index in [9.17, 15) is 9.59 Å². The molecule has 86 valence electrons. The number of carbonyl (C=O) groups excluding carboxylic acids is 1. The van der Waals surface area contributed by atoms with Crippen LogP contribution >= 0.6 is 0 Å². The molecule has 0 spiro atoms. The second-order valence-corrected chi connectivity index (χ2v) is 4.28. The number of hydrogen-bond acceptors (Lipinski definition) is 2. The van der Waals surface area contributed by atoms with Gasteiger partial charge in [0.15, 0.2) is 0 Å². The molecule has 1 N–H and O–H groups in total. The lowest BCUT2D eigenvalue weighted by atomic mass is 10.2. The molecular formula is C12H16N2O2. The minimum atomic E-state index is -0.231. The van der Waals surface area contributed by atoms with Crippen LogP contribution in [0.3, 0.4) is 0 Å². The zero-order chi connectivity index (χ0) is 11.5. The van der Waals surface area contributed by atoms with E-state index in [1.54, 1.807) is 17.0 Å². The van der Waals surface area contributed by atoms with Crippen LogP contribution in [0.15, 0.2) is 23.0 Å². The Morgan fingerprint density at radius 1 is 1.38 bits per heavy atom. The second kappa shape index (κ2) is 4.51. The Balaban J connectivity index is 2.15. The van der Waals surface area contributed by atoms with Crippen molar-refractivity contribution in [1.29, 1.82) is 0 Å². The molecule has 1 heterocycles. The zero-order valence-corrected chi connectivity index (χ0v) is 9.40. The van der Waals surface area contributed by atoms with Gasteiger partial charge in [-0.15, -0.1) is 0 Å². The maximum absolute atomic E-state index is 12.0. The van der Waals surface area contributed by atoms with Gasteiger partial charge in [0.25, 0.3) is 5.91 Å². The summed E-state index contributed by atoms with van der Waals surface area (Å²) in [5.41, 5.74) is 0.146. The molecule has 1 aliphatic carbocycles. The molecule has 1 amide bonds. The Hall–Kier alpha value is -1.58. The van der Waals surface area contributed by atoms with Gasteiger partial charge in [-0.3, -0.25) is 9.59 Å². The summed E-state index contributed by atoms with van der Waals surface area (Å²) in [7, 11) is 1.81. The van der Waals surface area contributed by atoms with Crippen LogP contribution in [0.2, 0.25) is 0 Å². The van der Waals surface area contributed by atoms with Gasteiger partial charge < -0.3 is 9.88 Å². The van der Waals surface area contributed by atoms with Crippen LogP contribution in [-0.4, -0.2) is 28.9 Å². The average Bonchev–Trinajstić information content (AvgIpc) is 2.80. The minimum Gasteiger partial charge on any atom is -0.337 e. The van der Waals surface area contributed by atoms with Gasteiger partial charge in [0, 0.05) is 19.2 Å². The molecule has 0 radical (unpaired) electrons. The molecular weight excluding hydrogens is 204 g/mol. The van der Waals surface area contributed by atoms with Gasteiger partial charge in [-0.2, -0.15) is 0 Å². The van der Waals surface area contributed by atoms with Crippen LogP contribution in [0, 0.1) is 0 Å². The number of carbonyl (C=O) groups is 1. The van der Waals surface area contributed by atoms with Crippen LogP contribution in [0.5, 0.6) is 0 Å². The molecule has 2 rings (SSSR count). The van der Waals surface area contributed by atoms with Gasteiger partial charge in [0.1, 0.15) is 5.69 Å². The molecule has 1 aromatic heterocycles. The van der Waals surface area contributed by atoms with Crippen molar-refractivity contribution >= 4 is 5.91 Å². The van der Waals surface area contributed by atoms with Gasteiger partial charge in [-0.1, -0.05) is 18.9 Å². The Morgan fingerprint density at radius 3 is 2.69 bits per heavy atom. The predicted octanol–water partition coefficient (Wildman–Crippen LogP) is 1.39. The molecule has 0 saturated heterocycles. The summed E-state index contributed by atoms with van der Waals surface area (Å²) < 4.78 is 0. The lowest BCUT2D eigenvalue weighted by Gasteiger charge is -2.23. The van der Waals surface area contributed by atoms with Crippen molar-refractivity contribution in [2.45, 2.75) is 31.7 Å². The SMILES string of the molecule is CN(C(=O)c1cccc(=O)[nH]1)C1CCCC1. The van der Waals surface area contributed by atoms with E-state index < -0.39 is 0 Å². The summed E-state index contributed by atoms with van der Waals surface area (Å²) >= 11 is 0. The highest BCUT2D eigenvalue weighted by molar-refractivity contribution is 5.92. The number of aromatic amines is 1. The molecule has 1 aromatic rings. The van der Waals surface area contributed by atoms with Crippen LogP contribution in [0.1, 0.15) is 36.2 Å². The summed E-state index contributed by atoms with van der Waals surface area (Å²) in [6, 6.07) is 4.99. The summed E-state index contributed by atoms with van der Waals surface area (Å²) in [6.07, 6.45) is 4.51. The van der Waals surface area contributed by atoms with Crippen LogP contribution in [0.4, 0.5) is 0 Å². The molecule has 1 aliphatic rings. The maximum atomic E-state index is 12.0. The average molecular weight is 220 g/mol. The molecule has 0 aliphatic heterocycles. The van der Waals surface area contributed by atoms with Crippen LogP contribution in [0.25, 0.3) is 0 Å². The number of nitrogens with zero attached hydrogens (tertiary/aromatic N) is 1. The molecule has 1 fully saturated rings. The number of amides is 1. The summed E-state index contributed by atoms with van der Waals surface area (Å²) in [5.74, 6) is -0.0930. The quantitative estimate of drug-likeness (QED) is 0.818. The Bertz CT molecular complexity index is 433. The highest BCUT2D eigenvalue weighted by Gasteiger charge is 2.24. The fourth-order valence-corrected chi connectivity index (χ4v) is 2.22. The van der Waals surface area contributed by atoms with E-state index in [1.807, 2.05) is 7.05 Å². The fraction of sp³-hybridized carbons (Fsp3) is 0.500. The van der Waals surface area contributed by atoms with E-state index in [4.69, 9.17) is 0 Å². The topological polar surface area (TPSA) is 53.2 Å². The van der Waals surface area contributed by atoms with Gasteiger partial charge in [-0.05, 0) is 18.9 Å². The minimum absolute atomic E-state index is 0.0930. The van der Waals surface area contributed by atoms with E-state index in [2.05, 4.69) is 4.98 Å². The van der Waals surface area contributed by atoms with E-state index in [0.717, 1.165) is 12.8 Å². The number of pyridine rings is 1. The highest BCUT2D eigenvalue weighted by atomic mass is 16.2. The van der Waals surface area contributed by atoms with Crippen molar-refractivity contribution in [2.24, 2.45) is 0 Å². The Morgan fingerprint density at radius 2 is 2.06 bits per heavy atom. The largest absolute Gasteiger partial charge is 0.337 e. The molecule has 16 heavy (non-hydrogen) atoms. The lowest BCUT2D eigenvalue weighted by molar-refractivity contribution is 0.0729. The van der Waals surface area contributed by atoms with Crippen molar-refractivity contribution in [3.63, 3.8) is 0 Å². The third-order valence-electron chi connectivity index (χ3n) is 3.19. The summed E-state index contributed by atoms with van der Waals surface area (Å²) in [6.45, 7) is 0. The first-order chi connectivity index (χ1) is 7.68. The van der Waals surface area contributed by atoms with Crippen molar-refractivity contribution < 1.29 is 4.79 Å². The third-order valence-corrected chi connectivity index (χ3v) is 3.19. The summed E-state index contributed by atoms with van der Waals surface area (Å²) in [4.78, 5) is 27.5. The first-order valence-corrected chi connectivity index (χ1v) is 5.65. The molecule has 0 bridgehead atoms. The first kappa shape index (κ1) is 10.9. The first-order valence-electron chi connectivity index (χ1n) is 5.65. The normalized spacial score (nSPS) is 16.3. The highest BCUT2D eigenvalue weighted by Crippen LogP contribution is 2.23. The molecule has 4 heteroatoms. The van der Waals surface area contributed by atoms with Crippen LogP contribution in [-0.2, 0) is 0 Å². The van der Waals surface area contributed by atoms with Crippen molar-refractivity contribution in [1.82, 2.24) is 9.88 Å². The van der Waals surface area contributed by atoms with E-state index in [-0.39, 0.29) is 11.5 Å². The number of aromatic nitrogens is 1. The monoisotopic (exact) mass is 220 g/mol. The number of rotatable bonds is 2. The predicted molar refractivity (Wildman–Crippen MR) is 61.4 cm³/mol. The van der Waals surface area contributed by atoms with Gasteiger partial charge >= 0.3 is 0 Å². The lowest BCUT2D eigenvalue weighted by Crippen LogP contribution is -2.36. The smallest absolute Gasteiger partial charge is 0.270 e. The molecule has 0 atom stereocenters. The van der Waals surface area contributed by atoms with Gasteiger partial charge in [0.2, 0.25) is 5.56 Å². The number of H-pyrrole nitrogens is 1. The standard InChI is InChI=1S/C12H16N2O2/c1-14(9-5-2-3-6-9)12(16)10-7-4-8-11(15)13-10/h4,7-9H,2-3,5-6H2,1H3,(H,13,15). The zero-order valence-electron chi connectivity index (χ0n) is 9.40. The third kappa shape index (κ3) is 2.15. The van der Waals surface area contributed by atoms with E-state index in [1.165, 1.54) is 18.9 Å². The second-order valence-electron chi connectivity index (χ2n) is 4.28. The summed E-state index contributed by atoms with van der Waals surface area (Å²) in [5, 5.41) is 0. The van der Waals surface area contributed by atoms with Crippen molar-refractivity contribution in [3.05, 3.63) is 34.2 Å². The Kier molecular flexibility index (Phi) is 3.08. The maximum Gasteiger partial charge on any atom is 0.270 e. The number of hydrogen-bond donors (Lipinski definition) is 1. The van der Waals surface area contributed by atoms with Crippen molar-refractivity contribution in [3.8, 4) is 0 Å². The van der Waals surface area contributed by atoms with Crippen LogP contribution < -0.4 is 5.56 Å². The van der Waals surface area contributed by atoms with Gasteiger partial charge in [-0.25, -0.2) is 0 Å². The van der Waals surface area contributed by atoms with E-state index in [0.29, 0.717) is 11.7 Å². The molecule has 4 nitrogen and oxygen atoms in total. The molecule has 0 aromatic carbocycles. The molecule has 0 unspecified atom stereocenters. The Labute approximate surface area is 94.3 Å². The van der Waals surface area contributed by atoms with Gasteiger partial charge in [0.05, 0.1) is 0 Å².